The van der Waals surface area contributed by atoms with Crippen LogP contribution in [0.15, 0.2) is 18.2 Å². The second kappa shape index (κ2) is 6.31. The Balaban J connectivity index is 2.21. The molecule has 1 aliphatic rings. The lowest BCUT2D eigenvalue weighted by Crippen LogP contribution is -2.58. The summed E-state index contributed by atoms with van der Waals surface area (Å²) in [5.41, 5.74) is 0.497. The molecule has 0 amide bonds. The van der Waals surface area contributed by atoms with Crippen molar-refractivity contribution in [2.75, 3.05) is 11.9 Å². The number of nitriles is 1. The molecule has 126 valence electrons. The van der Waals surface area contributed by atoms with E-state index in [0.717, 1.165) is 6.42 Å². The molecule has 1 aromatic carbocycles. The number of nitrogens with zero attached hydrogens (tertiary/aromatic N) is 1. The number of halogens is 1. The number of anilines is 1. The van der Waals surface area contributed by atoms with Crippen LogP contribution in [0.4, 0.5) is 5.69 Å². The summed E-state index contributed by atoms with van der Waals surface area (Å²) in [5, 5.41) is 12.8. The van der Waals surface area contributed by atoms with Gasteiger partial charge >= 0.3 is 0 Å². The number of hydrogen-bond donors (Lipinski definition) is 2. The molecule has 1 aliphatic carbocycles. The van der Waals surface area contributed by atoms with Gasteiger partial charge in [-0.2, -0.15) is 5.26 Å². The van der Waals surface area contributed by atoms with Crippen molar-refractivity contribution >= 4 is 27.3 Å². The van der Waals surface area contributed by atoms with Crippen LogP contribution in [-0.2, 0) is 10.0 Å². The van der Waals surface area contributed by atoms with Crippen molar-refractivity contribution in [1.29, 1.82) is 5.26 Å². The Bertz CT molecular complexity index is 729. The first kappa shape index (κ1) is 18.1. The zero-order valence-corrected chi connectivity index (χ0v) is 15.2. The van der Waals surface area contributed by atoms with Gasteiger partial charge in [0.15, 0.2) is 0 Å². The van der Waals surface area contributed by atoms with E-state index in [0.29, 0.717) is 29.1 Å². The van der Waals surface area contributed by atoms with E-state index < -0.39 is 20.3 Å². The van der Waals surface area contributed by atoms with E-state index in [1.165, 1.54) is 0 Å². The van der Waals surface area contributed by atoms with E-state index in [2.05, 4.69) is 16.1 Å². The van der Waals surface area contributed by atoms with Crippen molar-refractivity contribution in [3.63, 3.8) is 0 Å². The number of rotatable bonds is 5. The molecule has 1 saturated carbocycles. The summed E-state index contributed by atoms with van der Waals surface area (Å²) in [6, 6.07) is 7.00. The van der Waals surface area contributed by atoms with Crippen molar-refractivity contribution < 1.29 is 8.42 Å². The predicted octanol–water partition coefficient (Wildman–Crippen LogP) is 3.26. The van der Waals surface area contributed by atoms with Gasteiger partial charge in [0.05, 0.1) is 11.3 Å². The Morgan fingerprint density at radius 2 is 2.00 bits per heavy atom. The number of benzene rings is 1. The first-order valence-corrected chi connectivity index (χ1v) is 9.42. The van der Waals surface area contributed by atoms with Gasteiger partial charge in [0.1, 0.15) is 10.8 Å². The highest BCUT2D eigenvalue weighted by Crippen LogP contribution is 2.40. The van der Waals surface area contributed by atoms with E-state index in [9.17, 15) is 8.42 Å². The normalized spacial score (nSPS) is 17.2. The Kier molecular flexibility index (Phi) is 4.95. The molecule has 0 saturated heterocycles. The Hall–Kier alpha value is -1.29. The first-order chi connectivity index (χ1) is 10.6. The molecular formula is C16H22ClN3O2S. The highest BCUT2D eigenvalue weighted by molar-refractivity contribution is 7.91. The molecule has 0 radical (unpaired) electrons. The van der Waals surface area contributed by atoms with Crippen LogP contribution in [-0.4, -0.2) is 25.2 Å². The molecule has 2 rings (SSSR count). The number of hydrogen-bond acceptors (Lipinski definition) is 4. The summed E-state index contributed by atoms with van der Waals surface area (Å²) in [4.78, 5) is 0. The summed E-state index contributed by atoms with van der Waals surface area (Å²) >= 11 is 5.97. The molecule has 7 heteroatoms. The lowest BCUT2D eigenvalue weighted by molar-refractivity contribution is 0.339. The van der Waals surface area contributed by atoms with Crippen molar-refractivity contribution in [2.24, 2.45) is 0 Å². The fraction of sp³-hybridized carbons (Fsp3) is 0.562. The molecule has 0 unspecified atom stereocenters. The molecule has 1 fully saturated rings. The van der Waals surface area contributed by atoms with Gasteiger partial charge < -0.3 is 5.32 Å². The Morgan fingerprint density at radius 1 is 1.35 bits per heavy atom. The van der Waals surface area contributed by atoms with E-state index in [-0.39, 0.29) is 6.54 Å². The average molecular weight is 356 g/mol. The number of nitrogens with one attached hydrogen (secondary N) is 2. The SMILES string of the molecule is CC(C)(C)NS(=O)(=O)C1(CNc2cc(Cl)ccc2C#N)CCC1. The molecule has 23 heavy (non-hydrogen) atoms. The molecule has 0 aromatic heterocycles. The molecule has 0 aliphatic heterocycles. The van der Waals surface area contributed by atoms with Gasteiger partial charge in [-0.1, -0.05) is 18.0 Å². The maximum absolute atomic E-state index is 12.8. The van der Waals surface area contributed by atoms with Crippen molar-refractivity contribution in [1.82, 2.24) is 4.72 Å². The standard InChI is InChI=1S/C16H22ClN3O2S/c1-15(2,3)20-23(21,22)16(7-4-8-16)11-19-14-9-13(17)6-5-12(14)10-18/h5-6,9,19-20H,4,7-8,11H2,1-3H3. The van der Waals surface area contributed by atoms with Gasteiger partial charge in [-0.25, -0.2) is 13.1 Å². The first-order valence-electron chi connectivity index (χ1n) is 7.56. The van der Waals surface area contributed by atoms with Crippen LogP contribution < -0.4 is 10.0 Å². The summed E-state index contributed by atoms with van der Waals surface area (Å²) in [6.07, 6.45) is 2.09. The van der Waals surface area contributed by atoms with Gasteiger partial charge in [-0.15, -0.1) is 0 Å². The quantitative estimate of drug-likeness (QED) is 0.849. The Labute approximate surface area is 143 Å². The van der Waals surface area contributed by atoms with Crippen molar-refractivity contribution in [3.05, 3.63) is 28.8 Å². The topological polar surface area (TPSA) is 82.0 Å². The molecule has 0 heterocycles. The fourth-order valence-corrected chi connectivity index (χ4v) is 4.92. The molecule has 0 bridgehead atoms. The van der Waals surface area contributed by atoms with E-state index in [1.54, 1.807) is 18.2 Å². The average Bonchev–Trinajstić information content (AvgIpc) is 2.34. The second-order valence-electron chi connectivity index (χ2n) is 7.05. The third kappa shape index (κ3) is 3.97. The molecule has 0 spiro atoms. The van der Waals surface area contributed by atoms with Crippen LogP contribution in [0.2, 0.25) is 5.02 Å². The van der Waals surface area contributed by atoms with Crippen LogP contribution in [0, 0.1) is 11.3 Å². The summed E-state index contributed by atoms with van der Waals surface area (Å²) < 4.78 is 27.4. The van der Waals surface area contributed by atoms with Gasteiger partial charge in [0.25, 0.3) is 0 Å². The van der Waals surface area contributed by atoms with Crippen molar-refractivity contribution in [3.8, 4) is 6.07 Å². The highest BCUT2D eigenvalue weighted by Gasteiger charge is 2.49. The van der Waals surface area contributed by atoms with E-state index >= 15 is 0 Å². The minimum atomic E-state index is -3.47. The van der Waals surface area contributed by atoms with Crippen LogP contribution in [0.25, 0.3) is 0 Å². The molecular weight excluding hydrogens is 334 g/mol. The van der Waals surface area contributed by atoms with Crippen LogP contribution in [0.3, 0.4) is 0 Å². The van der Waals surface area contributed by atoms with Crippen molar-refractivity contribution in [2.45, 2.75) is 50.3 Å². The maximum atomic E-state index is 12.8. The van der Waals surface area contributed by atoms with Gasteiger partial charge in [0.2, 0.25) is 10.0 Å². The lowest BCUT2D eigenvalue weighted by Gasteiger charge is -2.42. The third-order valence-corrected chi connectivity index (χ3v) is 6.79. The lowest BCUT2D eigenvalue weighted by atomic mass is 9.84. The van der Waals surface area contributed by atoms with E-state index in [4.69, 9.17) is 16.9 Å². The smallest absolute Gasteiger partial charge is 0.219 e. The van der Waals surface area contributed by atoms with Crippen LogP contribution in [0.1, 0.15) is 45.6 Å². The highest BCUT2D eigenvalue weighted by atomic mass is 35.5. The molecule has 1 aromatic rings. The van der Waals surface area contributed by atoms with Gasteiger partial charge in [-0.3, -0.25) is 0 Å². The van der Waals surface area contributed by atoms with E-state index in [1.807, 2.05) is 20.8 Å². The van der Waals surface area contributed by atoms with Gasteiger partial charge in [-0.05, 0) is 51.8 Å². The molecule has 5 nitrogen and oxygen atoms in total. The minimum absolute atomic E-state index is 0.257. The second-order valence-corrected chi connectivity index (χ2v) is 9.56. The third-order valence-electron chi connectivity index (χ3n) is 3.98. The number of sulfonamides is 1. The summed E-state index contributed by atoms with van der Waals surface area (Å²) in [7, 11) is -3.47. The zero-order chi connectivity index (χ0) is 17.3. The van der Waals surface area contributed by atoms with Crippen LogP contribution in [0.5, 0.6) is 0 Å². The summed E-state index contributed by atoms with van der Waals surface area (Å²) in [5.74, 6) is 0. The zero-order valence-electron chi connectivity index (χ0n) is 13.6. The summed E-state index contributed by atoms with van der Waals surface area (Å²) in [6.45, 7) is 5.74. The molecule has 2 N–H and O–H groups in total. The van der Waals surface area contributed by atoms with Gasteiger partial charge in [0, 0.05) is 17.1 Å². The Morgan fingerprint density at radius 3 is 2.48 bits per heavy atom. The fourth-order valence-electron chi connectivity index (χ4n) is 2.64. The van der Waals surface area contributed by atoms with Crippen LogP contribution >= 0.6 is 11.6 Å². The monoisotopic (exact) mass is 355 g/mol. The maximum Gasteiger partial charge on any atom is 0.219 e. The predicted molar refractivity (Wildman–Crippen MR) is 93.0 cm³/mol. The molecule has 0 atom stereocenters. The largest absolute Gasteiger partial charge is 0.382 e. The minimum Gasteiger partial charge on any atom is -0.382 e.